The van der Waals surface area contributed by atoms with Crippen LogP contribution < -0.4 is 20.3 Å². The minimum Gasteiger partial charge on any atom is -0.486 e. The highest BCUT2D eigenvalue weighted by Crippen LogP contribution is 2.37. The monoisotopic (exact) mass is 461 g/mol. The fourth-order valence-electron chi connectivity index (χ4n) is 3.47. The number of amides is 2. The minimum absolute atomic E-state index is 0.147. The summed E-state index contributed by atoms with van der Waals surface area (Å²) in [7, 11) is 0. The normalized spacial score (nSPS) is 12.4. The van der Waals surface area contributed by atoms with Crippen molar-refractivity contribution in [3.8, 4) is 11.5 Å². The second-order valence-electron chi connectivity index (χ2n) is 7.22. The van der Waals surface area contributed by atoms with Gasteiger partial charge in [-0.05, 0) is 43.3 Å². The molecule has 0 atom stereocenters. The third kappa shape index (κ3) is 4.22. The average molecular weight is 461 g/mol. The summed E-state index contributed by atoms with van der Waals surface area (Å²) >= 11 is 1.31. The van der Waals surface area contributed by atoms with Gasteiger partial charge in [-0.3, -0.25) is 20.4 Å². The zero-order chi connectivity index (χ0) is 22.8. The van der Waals surface area contributed by atoms with E-state index in [1.165, 1.54) is 11.8 Å². The van der Waals surface area contributed by atoms with Gasteiger partial charge >= 0.3 is 5.91 Å². The molecule has 0 fully saturated rings. The molecular formula is C24H19N3O5S. The number of hydrogen-bond donors (Lipinski definition) is 2. The number of pyridine rings is 1. The maximum Gasteiger partial charge on any atom is 0.305 e. The van der Waals surface area contributed by atoms with Crippen molar-refractivity contribution in [2.45, 2.75) is 16.8 Å². The third-order valence-corrected chi connectivity index (χ3v) is 6.09. The number of nitrogens with zero attached hydrogens (tertiary/aromatic N) is 1. The first-order valence-electron chi connectivity index (χ1n) is 10.2. The maximum absolute atomic E-state index is 12.8. The summed E-state index contributed by atoms with van der Waals surface area (Å²) in [5.41, 5.74) is 6.50. The third-order valence-electron chi connectivity index (χ3n) is 5.08. The Morgan fingerprint density at radius 1 is 0.939 bits per heavy atom. The lowest BCUT2D eigenvalue weighted by molar-refractivity contribution is 0.0830. The lowest BCUT2D eigenvalue weighted by atomic mass is 10.1. The van der Waals surface area contributed by atoms with Crippen LogP contribution in [-0.2, 0) is 0 Å². The number of benzene rings is 2. The van der Waals surface area contributed by atoms with Crippen LogP contribution in [0.4, 0.5) is 0 Å². The number of rotatable bonds is 4. The molecule has 0 bridgehead atoms. The number of hydrazine groups is 1. The molecule has 2 N–H and O–H groups in total. The van der Waals surface area contributed by atoms with Crippen LogP contribution in [0.2, 0.25) is 0 Å². The number of furan rings is 1. The van der Waals surface area contributed by atoms with E-state index in [-0.39, 0.29) is 5.76 Å². The molecule has 0 saturated heterocycles. The van der Waals surface area contributed by atoms with Gasteiger partial charge in [-0.2, -0.15) is 0 Å². The van der Waals surface area contributed by atoms with Crippen LogP contribution in [0, 0.1) is 6.92 Å². The van der Waals surface area contributed by atoms with Crippen LogP contribution >= 0.6 is 11.8 Å². The molecule has 166 valence electrons. The van der Waals surface area contributed by atoms with Crippen molar-refractivity contribution >= 4 is 34.5 Å². The van der Waals surface area contributed by atoms with Gasteiger partial charge in [-0.1, -0.05) is 30.0 Å². The van der Waals surface area contributed by atoms with Crippen molar-refractivity contribution in [3.05, 3.63) is 77.7 Å². The Balaban J connectivity index is 1.30. The molecule has 2 amide bonds. The Morgan fingerprint density at radius 3 is 2.58 bits per heavy atom. The first kappa shape index (κ1) is 20.9. The molecule has 1 aliphatic heterocycles. The van der Waals surface area contributed by atoms with E-state index in [0.29, 0.717) is 46.4 Å². The van der Waals surface area contributed by atoms with Crippen molar-refractivity contribution < 1.29 is 23.5 Å². The molecule has 0 unspecified atom stereocenters. The molecule has 1 aliphatic rings. The number of ether oxygens (including phenoxy) is 2. The standard InChI is InChI=1S/C24H19N3O5S/c1-14-16-5-2-3-7-18(16)32-21(14)23(29)27-26-22(28)17-6-4-10-25-24(17)33-15-8-9-19-20(13-15)31-12-11-30-19/h2-10,13H,11-12H2,1H3,(H,26,28)(H,27,29). The molecule has 9 heteroatoms. The highest BCUT2D eigenvalue weighted by molar-refractivity contribution is 7.99. The first-order chi connectivity index (χ1) is 16.1. The van der Waals surface area contributed by atoms with E-state index < -0.39 is 11.8 Å². The van der Waals surface area contributed by atoms with E-state index in [2.05, 4.69) is 15.8 Å². The number of fused-ring (bicyclic) bond motifs is 2. The lowest BCUT2D eigenvalue weighted by Gasteiger charge is -2.18. The first-order valence-corrected chi connectivity index (χ1v) is 11.0. The Labute approximate surface area is 193 Å². The number of nitrogens with one attached hydrogen (secondary N) is 2. The fourth-order valence-corrected chi connectivity index (χ4v) is 4.38. The van der Waals surface area contributed by atoms with Crippen molar-refractivity contribution in [2.75, 3.05) is 13.2 Å². The largest absolute Gasteiger partial charge is 0.486 e. The second kappa shape index (κ2) is 8.87. The number of aryl methyl sites for hydroxylation is 1. The number of carbonyl (C=O) groups is 2. The molecule has 0 saturated carbocycles. The predicted octanol–water partition coefficient (Wildman–Crippen LogP) is 4.13. The molecule has 0 aliphatic carbocycles. The summed E-state index contributed by atoms with van der Waals surface area (Å²) in [6.45, 7) is 2.80. The van der Waals surface area contributed by atoms with Gasteiger partial charge in [0.2, 0.25) is 0 Å². The zero-order valence-corrected chi connectivity index (χ0v) is 18.4. The minimum atomic E-state index is -0.540. The molecule has 0 radical (unpaired) electrons. The molecule has 3 heterocycles. The van der Waals surface area contributed by atoms with Gasteiger partial charge in [-0.25, -0.2) is 4.98 Å². The fraction of sp³-hybridized carbons (Fsp3) is 0.125. The number of hydrogen-bond acceptors (Lipinski definition) is 7. The van der Waals surface area contributed by atoms with E-state index in [0.717, 1.165) is 10.3 Å². The Morgan fingerprint density at radius 2 is 1.73 bits per heavy atom. The van der Waals surface area contributed by atoms with E-state index >= 15 is 0 Å². The summed E-state index contributed by atoms with van der Waals surface area (Å²) in [4.78, 5) is 30.6. The number of para-hydroxylation sites is 1. The smallest absolute Gasteiger partial charge is 0.305 e. The van der Waals surface area contributed by atoms with Gasteiger partial charge < -0.3 is 13.9 Å². The average Bonchev–Trinajstić information content (AvgIpc) is 3.19. The number of aromatic nitrogens is 1. The second-order valence-corrected chi connectivity index (χ2v) is 8.29. The molecule has 8 nitrogen and oxygen atoms in total. The van der Waals surface area contributed by atoms with Crippen molar-refractivity contribution in [2.24, 2.45) is 0 Å². The zero-order valence-electron chi connectivity index (χ0n) is 17.6. The Hall–Kier alpha value is -3.98. The Bertz CT molecular complexity index is 1370. The highest BCUT2D eigenvalue weighted by Gasteiger charge is 2.20. The quantitative estimate of drug-likeness (QED) is 0.441. The molecule has 0 spiro atoms. The van der Waals surface area contributed by atoms with Gasteiger partial charge in [0.15, 0.2) is 17.3 Å². The van der Waals surface area contributed by atoms with Crippen LogP contribution in [0.1, 0.15) is 26.5 Å². The number of carbonyl (C=O) groups excluding carboxylic acids is 2. The van der Waals surface area contributed by atoms with Crippen LogP contribution in [0.25, 0.3) is 11.0 Å². The Kier molecular flexibility index (Phi) is 5.62. The van der Waals surface area contributed by atoms with Gasteiger partial charge in [0.25, 0.3) is 5.91 Å². The predicted molar refractivity (Wildman–Crippen MR) is 122 cm³/mol. The summed E-state index contributed by atoms with van der Waals surface area (Å²) < 4.78 is 16.8. The maximum atomic E-state index is 12.8. The summed E-state index contributed by atoms with van der Waals surface area (Å²) in [5.74, 6) is 0.454. The van der Waals surface area contributed by atoms with Crippen LogP contribution in [0.15, 0.2) is 75.1 Å². The summed E-state index contributed by atoms with van der Waals surface area (Å²) in [5, 5.41) is 1.33. The molecule has 5 rings (SSSR count). The molecule has 33 heavy (non-hydrogen) atoms. The van der Waals surface area contributed by atoms with Crippen LogP contribution in [-0.4, -0.2) is 30.0 Å². The SMILES string of the molecule is Cc1c(C(=O)NNC(=O)c2cccnc2Sc2ccc3c(c2)OCCO3)oc2ccccc12. The van der Waals surface area contributed by atoms with Crippen molar-refractivity contribution in [1.82, 2.24) is 15.8 Å². The van der Waals surface area contributed by atoms with Crippen LogP contribution in [0.3, 0.4) is 0 Å². The molecular weight excluding hydrogens is 442 g/mol. The lowest BCUT2D eigenvalue weighted by Crippen LogP contribution is -2.42. The topological polar surface area (TPSA) is 103 Å². The van der Waals surface area contributed by atoms with E-state index in [1.54, 1.807) is 31.3 Å². The van der Waals surface area contributed by atoms with E-state index in [1.807, 2.05) is 36.4 Å². The van der Waals surface area contributed by atoms with Gasteiger partial charge in [0.05, 0.1) is 5.56 Å². The summed E-state index contributed by atoms with van der Waals surface area (Å²) in [6, 6.07) is 16.2. The van der Waals surface area contributed by atoms with Gasteiger partial charge in [0.1, 0.15) is 23.8 Å². The van der Waals surface area contributed by atoms with Crippen molar-refractivity contribution in [3.63, 3.8) is 0 Å². The highest BCUT2D eigenvalue weighted by atomic mass is 32.2. The van der Waals surface area contributed by atoms with Crippen LogP contribution in [0.5, 0.6) is 11.5 Å². The molecule has 2 aromatic heterocycles. The molecule has 4 aromatic rings. The molecule has 2 aromatic carbocycles. The van der Waals surface area contributed by atoms with E-state index in [9.17, 15) is 9.59 Å². The van der Waals surface area contributed by atoms with Gasteiger partial charge in [-0.15, -0.1) is 0 Å². The van der Waals surface area contributed by atoms with Crippen molar-refractivity contribution in [1.29, 1.82) is 0 Å². The van der Waals surface area contributed by atoms with Gasteiger partial charge in [0, 0.05) is 22.0 Å². The summed E-state index contributed by atoms with van der Waals surface area (Å²) in [6.07, 6.45) is 1.60. The van der Waals surface area contributed by atoms with E-state index in [4.69, 9.17) is 13.9 Å².